The number of aromatic nitrogens is 2. The second kappa shape index (κ2) is 5.17. The number of rotatable bonds is 3. The van der Waals surface area contributed by atoms with E-state index >= 15 is 0 Å². The van der Waals surface area contributed by atoms with Gasteiger partial charge >= 0.3 is 0 Å². The van der Waals surface area contributed by atoms with E-state index in [1.54, 1.807) is 12.1 Å². The molecule has 0 amide bonds. The van der Waals surface area contributed by atoms with Crippen LogP contribution in [0.1, 0.15) is 18.2 Å². The number of benzene rings is 1. The summed E-state index contributed by atoms with van der Waals surface area (Å²) in [7, 11) is 0. The first-order chi connectivity index (χ1) is 9.28. The Kier molecular flexibility index (Phi) is 3.38. The molecule has 2 heterocycles. The zero-order valence-corrected chi connectivity index (χ0v) is 11.4. The lowest BCUT2D eigenvalue weighted by atomic mass is 10.2. The highest BCUT2D eigenvalue weighted by Crippen LogP contribution is 2.34. The van der Waals surface area contributed by atoms with Gasteiger partial charge in [0.1, 0.15) is 11.6 Å². The fourth-order valence-electron chi connectivity index (χ4n) is 2.09. The Morgan fingerprint density at radius 3 is 2.74 bits per heavy atom. The number of hydrogen-bond acceptors (Lipinski definition) is 4. The summed E-state index contributed by atoms with van der Waals surface area (Å²) in [6, 6.07) is 6.31. The molecule has 19 heavy (non-hydrogen) atoms. The minimum absolute atomic E-state index is 0.243. The molecule has 5 heteroatoms. The van der Waals surface area contributed by atoms with Crippen molar-refractivity contribution in [3.63, 3.8) is 0 Å². The molecule has 0 aliphatic carbocycles. The van der Waals surface area contributed by atoms with Gasteiger partial charge in [0, 0.05) is 29.2 Å². The van der Waals surface area contributed by atoms with Crippen molar-refractivity contribution in [2.24, 2.45) is 0 Å². The van der Waals surface area contributed by atoms with Gasteiger partial charge in [0.2, 0.25) is 0 Å². The number of nitrogens with one attached hydrogen (secondary N) is 1. The molecule has 1 aromatic carbocycles. The number of hydrogen-bond donors (Lipinski definition) is 1. The van der Waals surface area contributed by atoms with E-state index < -0.39 is 0 Å². The third-order valence-corrected chi connectivity index (χ3v) is 3.99. The second-order valence-corrected chi connectivity index (χ2v) is 5.34. The molecular formula is C14H14FN3S. The van der Waals surface area contributed by atoms with Crippen LogP contribution in [-0.2, 0) is 11.5 Å². The van der Waals surface area contributed by atoms with Gasteiger partial charge in [0.25, 0.3) is 0 Å². The number of thioether (sulfide) groups is 1. The highest BCUT2D eigenvalue weighted by molar-refractivity contribution is 7.98. The van der Waals surface area contributed by atoms with Crippen molar-refractivity contribution >= 4 is 17.6 Å². The van der Waals surface area contributed by atoms with Gasteiger partial charge in [-0.3, -0.25) is 0 Å². The molecule has 98 valence electrons. The van der Waals surface area contributed by atoms with Crippen molar-refractivity contribution in [3.8, 4) is 11.4 Å². The first-order valence-electron chi connectivity index (χ1n) is 6.25. The predicted molar refractivity (Wildman–Crippen MR) is 76.6 cm³/mol. The van der Waals surface area contributed by atoms with E-state index in [0.717, 1.165) is 35.1 Å². The fourth-order valence-corrected chi connectivity index (χ4v) is 3.13. The molecule has 1 N–H and O–H groups in total. The van der Waals surface area contributed by atoms with E-state index in [4.69, 9.17) is 0 Å². The minimum Gasteiger partial charge on any atom is -0.370 e. The van der Waals surface area contributed by atoms with Crippen molar-refractivity contribution in [1.82, 2.24) is 9.97 Å². The molecule has 0 radical (unpaired) electrons. The molecule has 3 nitrogen and oxygen atoms in total. The minimum atomic E-state index is -0.243. The normalized spacial score (nSPS) is 13.4. The zero-order chi connectivity index (χ0) is 13.2. The van der Waals surface area contributed by atoms with Crippen molar-refractivity contribution < 1.29 is 4.39 Å². The Bertz CT molecular complexity index is 598. The molecule has 1 aliphatic rings. The molecule has 0 unspecified atom stereocenters. The number of nitrogens with zero attached hydrogens (tertiary/aromatic N) is 2. The van der Waals surface area contributed by atoms with E-state index in [1.165, 1.54) is 17.7 Å². The lowest BCUT2D eigenvalue weighted by molar-refractivity contribution is 0.628. The molecule has 0 saturated heterocycles. The third-order valence-electron chi connectivity index (χ3n) is 3.02. The summed E-state index contributed by atoms with van der Waals surface area (Å²) >= 11 is 1.85. The monoisotopic (exact) mass is 275 g/mol. The average Bonchev–Trinajstić information content (AvgIpc) is 2.88. The summed E-state index contributed by atoms with van der Waals surface area (Å²) in [5, 5.41) is 3.29. The van der Waals surface area contributed by atoms with E-state index in [0.29, 0.717) is 5.82 Å². The van der Waals surface area contributed by atoms with Crippen molar-refractivity contribution in [1.29, 1.82) is 0 Å². The lowest BCUT2D eigenvalue weighted by Crippen LogP contribution is -2.06. The lowest BCUT2D eigenvalue weighted by Gasteiger charge is -2.10. The van der Waals surface area contributed by atoms with Gasteiger partial charge in [-0.25, -0.2) is 14.4 Å². The van der Waals surface area contributed by atoms with E-state index in [9.17, 15) is 4.39 Å². The van der Waals surface area contributed by atoms with Gasteiger partial charge in [-0.1, -0.05) is 0 Å². The van der Waals surface area contributed by atoms with Crippen LogP contribution in [-0.4, -0.2) is 16.5 Å². The number of fused-ring (bicyclic) bond motifs is 1. The fraction of sp³-hybridized carbons (Fsp3) is 0.286. The maximum atomic E-state index is 13.0. The second-order valence-electron chi connectivity index (χ2n) is 4.35. The number of anilines is 1. The van der Waals surface area contributed by atoms with Crippen LogP contribution in [0.15, 0.2) is 24.3 Å². The van der Waals surface area contributed by atoms with Crippen LogP contribution in [0.4, 0.5) is 10.2 Å². The number of halogens is 1. The molecule has 0 saturated carbocycles. The van der Waals surface area contributed by atoms with Crippen LogP contribution < -0.4 is 5.32 Å². The Hall–Kier alpha value is -1.62. The topological polar surface area (TPSA) is 37.8 Å². The molecule has 1 aliphatic heterocycles. The Labute approximate surface area is 115 Å². The molecule has 0 fully saturated rings. The van der Waals surface area contributed by atoms with Crippen molar-refractivity contribution in [2.75, 3.05) is 11.9 Å². The average molecular weight is 275 g/mol. The summed E-state index contributed by atoms with van der Waals surface area (Å²) in [5.41, 5.74) is 3.15. The van der Waals surface area contributed by atoms with Crippen molar-refractivity contribution in [2.45, 2.75) is 18.4 Å². The smallest absolute Gasteiger partial charge is 0.161 e. The largest absolute Gasteiger partial charge is 0.370 e. The summed E-state index contributed by atoms with van der Waals surface area (Å²) in [6.45, 7) is 2.88. The van der Waals surface area contributed by atoms with Gasteiger partial charge in [-0.2, -0.15) is 11.8 Å². The molecule has 3 rings (SSSR count). The zero-order valence-electron chi connectivity index (χ0n) is 10.6. The SMILES string of the molecule is CCNc1nc(-c2ccc(F)cc2)nc2c1CSC2. The molecule has 2 aromatic rings. The molecule has 1 aromatic heterocycles. The van der Waals surface area contributed by atoms with Crippen molar-refractivity contribution in [3.05, 3.63) is 41.3 Å². The van der Waals surface area contributed by atoms with Gasteiger partial charge in [-0.05, 0) is 31.2 Å². The first kappa shape index (κ1) is 12.4. The van der Waals surface area contributed by atoms with Crippen LogP contribution in [0.5, 0.6) is 0 Å². The van der Waals surface area contributed by atoms with Crippen LogP contribution in [0.25, 0.3) is 11.4 Å². The summed E-state index contributed by atoms with van der Waals surface area (Å²) < 4.78 is 13.0. The highest BCUT2D eigenvalue weighted by atomic mass is 32.2. The summed E-state index contributed by atoms with van der Waals surface area (Å²) in [6.07, 6.45) is 0. The predicted octanol–water partition coefficient (Wildman–Crippen LogP) is 3.46. The summed E-state index contributed by atoms with van der Waals surface area (Å²) in [5.74, 6) is 3.22. The standard InChI is InChI=1S/C14H14FN3S/c1-2-16-14-11-7-19-8-12(11)17-13(18-14)9-3-5-10(15)6-4-9/h3-6H,2,7-8H2,1H3,(H,16,17,18). The highest BCUT2D eigenvalue weighted by Gasteiger charge is 2.19. The summed E-state index contributed by atoms with van der Waals surface area (Å²) in [4.78, 5) is 9.18. The van der Waals surface area contributed by atoms with E-state index in [2.05, 4.69) is 15.3 Å². The molecule has 0 spiro atoms. The van der Waals surface area contributed by atoms with Gasteiger partial charge in [0.05, 0.1) is 5.69 Å². The maximum absolute atomic E-state index is 13.0. The van der Waals surface area contributed by atoms with Gasteiger partial charge < -0.3 is 5.32 Å². The Morgan fingerprint density at radius 2 is 2.00 bits per heavy atom. The maximum Gasteiger partial charge on any atom is 0.161 e. The van der Waals surface area contributed by atoms with Crippen LogP contribution in [0.3, 0.4) is 0 Å². The van der Waals surface area contributed by atoms with Crippen LogP contribution >= 0.6 is 11.8 Å². The van der Waals surface area contributed by atoms with E-state index in [1.807, 2.05) is 18.7 Å². The first-order valence-corrected chi connectivity index (χ1v) is 7.40. The van der Waals surface area contributed by atoms with E-state index in [-0.39, 0.29) is 5.82 Å². The molecular weight excluding hydrogens is 261 g/mol. The molecule has 0 atom stereocenters. The van der Waals surface area contributed by atoms with Gasteiger partial charge in [-0.15, -0.1) is 0 Å². The molecule has 0 bridgehead atoms. The Balaban J connectivity index is 2.07. The van der Waals surface area contributed by atoms with Crippen LogP contribution in [0.2, 0.25) is 0 Å². The Morgan fingerprint density at radius 1 is 1.21 bits per heavy atom. The quantitative estimate of drug-likeness (QED) is 0.931. The van der Waals surface area contributed by atoms with Gasteiger partial charge in [0.15, 0.2) is 5.82 Å². The van der Waals surface area contributed by atoms with Crippen LogP contribution in [0, 0.1) is 5.82 Å². The third kappa shape index (κ3) is 2.42.